The van der Waals surface area contributed by atoms with E-state index in [0.717, 1.165) is 0 Å². The molecule has 138 valence electrons. The second-order valence-corrected chi connectivity index (χ2v) is 8.86. The van der Waals surface area contributed by atoms with Crippen molar-refractivity contribution >= 4 is 21.1 Å². The van der Waals surface area contributed by atoms with Crippen LogP contribution in [0.25, 0.3) is 0 Å². The van der Waals surface area contributed by atoms with Gasteiger partial charge in [-0.05, 0) is 27.7 Å². The Morgan fingerprint density at radius 3 is 1.52 bits per heavy atom. The van der Waals surface area contributed by atoms with Crippen LogP contribution in [-0.4, -0.2) is 44.4 Å². The highest BCUT2D eigenvalue weighted by atomic mass is 31.2. The summed E-state index contributed by atoms with van der Waals surface area (Å²) in [5.41, 5.74) is 3.79. The molecule has 0 saturated carbocycles. The van der Waals surface area contributed by atoms with Gasteiger partial charge in [0.05, 0.1) is 26.4 Å². The molecule has 0 rings (SSSR count). The zero-order chi connectivity index (χ0) is 17.9. The molecule has 0 spiro atoms. The van der Waals surface area contributed by atoms with Gasteiger partial charge in [0.2, 0.25) is 11.4 Å². The minimum Gasteiger partial charge on any atom is -0.332 e. The van der Waals surface area contributed by atoms with Gasteiger partial charge in [-0.15, -0.1) is 0 Å². The highest BCUT2D eigenvalue weighted by Crippen LogP contribution is 2.69. The Balaban J connectivity index is 5.79. The Hall–Kier alpha value is -0.270. The number of amides is 1. The molecule has 0 aliphatic rings. The van der Waals surface area contributed by atoms with E-state index in [1.807, 2.05) is 0 Å². The number of rotatable bonds is 13. The van der Waals surface area contributed by atoms with E-state index in [0.29, 0.717) is 0 Å². The summed E-state index contributed by atoms with van der Waals surface area (Å²) in [6, 6.07) is 0. The summed E-state index contributed by atoms with van der Waals surface area (Å²) in [6.07, 6.45) is -0.0347. The van der Waals surface area contributed by atoms with Crippen LogP contribution in [0.5, 0.6) is 0 Å². The van der Waals surface area contributed by atoms with Crippen molar-refractivity contribution in [3.8, 4) is 0 Å². The lowest BCUT2D eigenvalue weighted by molar-refractivity contribution is -0.121. The number of hydrogen-bond donors (Lipinski definition) is 2. The van der Waals surface area contributed by atoms with Gasteiger partial charge in [-0.2, -0.15) is 0 Å². The minimum absolute atomic E-state index is 0.0347. The molecular weight excluding hydrogens is 346 g/mol. The first-order chi connectivity index (χ1) is 10.8. The fourth-order valence-electron chi connectivity index (χ4n) is 1.76. The van der Waals surface area contributed by atoms with Crippen molar-refractivity contribution in [1.82, 2.24) is 5.32 Å². The Morgan fingerprint density at radius 1 is 0.913 bits per heavy atom. The molecule has 0 aromatic carbocycles. The normalized spacial score (nSPS) is 12.6. The van der Waals surface area contributed by atoms with Crippen LogP contribution in [0.3, 0.4) is 0 Å². The summed E-state index contributed by atoms with van der Waals surface area (Å²) >= 11 is 0. The molecule has 0 heterocycles. The molecule has 11 heteroatoms. The molecule has 0 aliphatic heterocycles. The predicted octanol–water partition coefficient (Wildman–Crippen LogP) is 2.27. The maximum absolute atomic E-state index is 13.0. The van der Waals surface area contributed by atoms with Crippen molar-refractivity contribution in [2.75, 3.05) is 33.0 Å². The molecule has 23 heavy (non-hydrogen) atoms. The summed E-state index contributed by atoms with van der Waals surface area (Å²) < 4.78 is 46.9. The SMILES string of the molecule is CCOP(=O)(OCC)C(NC(=O)CCN)P(=O)(OCC)OCC. The van der Waals surface area contributed by atoms with E-state index >= 15 is 0 Å². The first-order valence-corrected chi connectivity index (χ1v) is 10.8. The second kappa shape index (κ2) is 11.3. The number of nitrogens with one attached hydrogen (secondary N) is 1. The second-order valence-electron chi connectivity index (χ2n) is 4.23. The van der Waals surface area contributed by atoms with Crippen LogP contribution in [-0.2, 0) is 32.0 Å². The maximum Gasteiger partial charge on any atom is 0.365 e. The Labute approximate surface area is 137 Å². The predicted molar refractivity (Wildman–Crippen MR) is 87.3 cm³/mol. The molecule has 3 N–H and O–H groups in total. The summed E-state index contributed by atoms with van der Waals surface area (Å²) in [5.74, 6) is -0.545. The van der Waals surface area contributed by atoms with Crippen molar-refractivity contribution in [3.63, 3.8) is 0 Å². The lowest BCUT2D eigenvalue weighted by Crippen LogP contribution is -2.37. The number of hydrogen-bond acceptors (Lipinski definition) is 8. The highest BCUT2D eigenvalue weighted by Gasteiger charge is 2.51. The van der Waals surface area contributed by atoms with E-state index in [9.17, 15) is 13.9 Å². The van der Waals surface area contributed by atoms with E-state index in [1.165, 1.54) is 0 Å². The molecule has 0 unspecified atom stereocenters. The standard InChI is InChI=1S/C12H28N2O7P2/c1-5-18-22(16,19-6-2)12(14-11(15)9-10-13)23(17,20-7-3)21-8-4/h12H,5-10,13H2,1-4H3,(H,14,15). The van der Waals surface area contributed by atoms with E-state index < -0.39 is 26.6 Å². The molecular formula is C12H28N2O7P2. The van der Waals surface area contributed by atoms with Crippen LogP contribution in [0.4, 0.5) is 0 Å². The quantitative estimate of drug-likeness (QED) is 0.470. The summed E-state index contributed by atoms with van der Waals surface area (Å²) in [5, 5.41) is 2.39. The van der Waals surface area contributed by atoms with Crippen molar-refractivity contribution in [3.05, 3.63) is 0 Å². The molecule has 0 atom stereocenters. The van der Waals surface area contributed by atoms with Crippen molar-refractivity contribution in [2.45, 2.75) is 39.6 Å². The molecule has 0 aromatic rings. The average Bonchev–Trinajstić information content (AvgIpc) is 2.46. The van der Waals surface area contributed by atoms with Gasteiger partial charge in [0.1, 0.15) is 0 Å². The highest BCUT2D eigenvalue weighted by molar-refractivity contribution is 7.72. The zero-order valence-corrected chi connectivity index (χ0v) is 15.9. The van der Waals surface area contributed by atoms with Crippen LogP contribution < -0.4 is 11.1 Å². The molecule has 0 radical (unpaired) electrons. The van der Waals surface area contributed by atoms with E-state index in [1.54, 1.807) is 27.7 Å². The average molecular weight is 374 g/mol. The van der Waals surface area contributed by atoms with E-state index in [4.69, 9.17) is 23.8 Å². The minimum atomic E-state index is -3.97. The van der Waals surface area contributed by atoms with Crippen LogP contribution >= 0.6 is 15.2 Å². The van der Waals surface area contributed by atoms with Gasteiger partial charge in [0, 0.05) is 13.0 Å². The summed E-state index contributed by atoms with van der Waals surface area (Å²) in [7, 11) is -7.95. The van der Waals surface area contributed by atoms with Gasteiger partial charge >= 0.3 is 15.2 Å². The number of nitrogens with two attached hydrogens (primary N) is 1. The number of carbonyl (C=O) groups excluding carboxylic acids is 1. The zero-order valence-electron chi connectivity index (χ0n) is 14.1. The summed E-state index contributed by atoms with van der Waals surface area (Å²) in [4.78, 5) is 11.9. The van der Waals surface area contributed by atoms with Gasteiger partial charge in [-0.25, -0.2) is 0 Å². The first kappa shape index (κ1) is 22.7. The molecule has 1 amide bonds. The molecule has 0 aromatic heterocycles. The van der Waals surface area contributed by atoms with Crippen LogP contribution in [0.1, 0.15) is 34.1 Å². The van der Waals surface area contributed by atoms with E-state index in [-0.39, 0.29) is 39.4 Å². The van der Waals surface area contributed by atoms with E-state index in [2.05, 4.69) is 5.32 Å². The van der Waals surface area contributed by atoms with Gasteiger partial charge in [-0.1, -0.05) is 0 Å². The molecule has 0 aliphatic carbocycles. The lowest BCUT2D eigenvalue weighted by Gasteiger charge is -2.31. The fraction of sp³-hybridized carbons (Fsp3) is 0.917. The third-order valence-electron chi connectivity index (χ3n) is 2.50. The monoisotopic (exact) mass is 374 g/mol. The molecule has 0 saturated heterocycles. The molecule has 0 bridgehead atoms. The lowest BCUT2D eigenvalue weighted by atomic mass is 10.4. The molecule has 9 nitrogen and oxygen atoms in total. The van der Waals surface area contributed by atoms with Gasteiger partial charge < -0.3 is 29.1 Å². The smallest absolute Gasteiger partial charge is 0.332 e. The number of carbonyl (C=O) groups is 1. The third-order valence-corrected chi connectivity index (χ3v) is 8.12. The van der Waals surface area contributed by atoms with Crippen molar-refractivity contribution in [2.24, 2.45) is 5.73 Å². The summed E-state index contributed by atoms with van der Waals surface area (Å²) in [6.45, 7) is 6.68. The topological polar surface area (TPSA) is 126 Å². The Morgan fingerprint density at radius 2 is 1.26 bits per heavy atom. The fourth-order valence-corrected chi connectivity index (χ4v) is 6.70. The Kier molecular flexibility index (Phi) is 11.2. The van der Waals surface area contributed by atoms with Gasteiger partial charge in [-0.3, -0.25) is 13.9 Å². The van der Waals surface area contributed by atoms with Crippen molar-refractivity contribution in [1.29, 1.82) is 0 Å². The van der Waals surface area contributed by atoms with Crippen LogP contribution in [0.2, 0.25) is 0 Å². The van der Waals surface area contributed by atoms with Gasteiger partial charge in [0.15, 0.2) is 0 Å². The maximum atomic E-state index is 13.0. The van der Waals surface area contributed by atoms with Gasteiger partial charge in [0.25, 0.3) is 0 Å². The largest absolute Gasteiger partial charge is 0.365 e. The Bertz CT molecular complexity index is 397. The first-order valence-electron chi connectivity index (χ1n) is 7.60. The van der Waals surface area contributed by atoms with Crippen LogP contribution in [0, 0.1) is 0 Å². The molecule has 0 fully saturated rings. The third kappa shape index (κ3) is 7.01. The van der Waals surface area contributed by atoms with Crippen LogP contribution in [0.15, 0.2) is 0 Å². The van der Waals surface area contributed by atoms with Crippen molar-refractivity contribution < 1.29 is 32.0 Å².